The Hall–Kier alpha value is -0.870. The molecule has 1 aromatic rings. The highest BCUT2D eigenvalue weighted by molar-refractivity contribution is 7.14. The van der Waals surface area contributed by atoms with Crippen molar-refractivity contribution in [2.24, 2.45) is 0 Å². The highest BCUT2D eigenvalue weighted by Crippen LogP contribution is 2.47. The van der Waals surface area contributed by atoms with E-state index >= 15 is 0 Å². The van der Waals surface area contributed by atoms with E-state index in [9.17, 15) is 4.79 Å². The second kappa shape index (κ2) is 3.57. The fourth-order valence-electron chi connectivity index (χ4n) is 3.09. The molecule has 0 amide bonds. The molecule has 16 heavy (non-hydrogen) atoms. The Bertz CT molecular complexity index is 432. The molecule has 0 saturated heterocycles. The van der Waals surface area contributed by atoms with Crippen molar-refractivity contribution in [1.82, 2.24) is 5.32 Å². The van der Waals surface area contributed by atoms with Crippen molar-refractivity contribution in [1.29, 1.82) is 0 Å². The molecule has 1 aliphatic carbocycles. The Morgan fingerprint density at radius 3 is 2.88 bits per heavy atom. The molecule has 1 fully saturated rings. The van der Waals surface area contributed by atoms with Crippen LogP contribution >= 0.6 is 11.3 Å². The summed E-state index contributed by atoms with van der Waals surface area (Å²) in [5.74, 6) is -0.785. The molecule has 0 unspecified atom stereocenters. The fourth-order valence-corrected chi connectivity index (χ4v) is 4.35. The molecular formula is C12H15NO2S. The van der Waals surface area contributed by atoms with Gasteiger partial charge >= 0.3 is 5.97 Å². The lowest BCUT2D eigenvalue weighted by Crippen LogP contribution is -2.39. The zero-order chi connectivity index (χ0) is 11.2. The number of hydrogen-bond donors (Lipinski definition) is 2. The molecule has 0 aromatic carbocycles. The summed E-state index contributed by atoms with van der Waals surface area (Å²) >= 11 is 1.50. The van der Waals surface area contributed by atoms with Gasteiger partial charge in [-0.2, -0.15) is 0 Å². The number of rotatable bonds is 1. The number of aromatic carboxylic acids is 1. The van der Waals surface area contributed by atoms with Gasteiger partial charge in [0.25, 0.3) is 0 Å². The Balaban J connectivity index is 2.07. The van der Waals surface area contributed by atoms with Crippen LogP contribution in [0, 0.1) is 0 Å². The van der Waals surface area contributed by atoms with Crippen molar-refractivity contribution >= 4 is 17.3 Å². The van der Waals surface area contributed by atoms with Crippen LogP contribution in [0.3, 0.4) is 0 Å². The maximum atomic E-state index is 11.0. The lowest BCUT2D eigenvalue weighted by atomic mass is 9.80. The molecule has 3 nitrogen and oxygen atoms in total. The third-order valence-corrected chi connectivity index (χ3v) is 5.25. The van der Waals surface area contributed by atoms with Crippen LogP contribution < -0.4 is 5.32 Å². The first-order valence-electron chi connectivity index (χ1n) is 5.78. The van der Waals surface area contributed by atoms with Crippen LogP contribution in [-0.2, 0) is 12.0 Å². The lowest BCUT2D eigenvalue weighted by molar-refractivity contribution is 0.0702. The molecule has 86 valence electrons. The molecule has 1 spiro atoms. The molecule has 1 saturated carbocycles. The van der Waals surface area contributed by atoms with Gasteiger partial charge in [-0.15, -0.1) is 11.3 Å². The SMILES string of the molecule is O=C(O)c1cc2c(s1)C1(CCCC1)CNC2. The summed E-state index contributed by atoms with van der Waals surface area (Å²) in [6.45, 7) is 1.86. The first-order valence-corrected chi connectivity index (χ1v) is 6.60. The standard InChI is InChI=1S/C12H15NO2S/c14-11(15)9-5-8-6-13-7-12(10(8)16-9)3-1-2-4-12/h5,13H,1-4,6-7H2,(H,14,15). The second-order valence-electron chi connectivity index (χ2n) is 4.86. The Kier molecular flexibility index (Phi) is 2.30. The molecule has 1 aliphatic heterocycles. The summed E-state index contributed by atoms with van der Waals surface area (Å²) in [6, 6.07) is 1.86. The van der Waals surface area contributed by atoms with Crippen LogP contribution in [0.5, 0.6) is 0 Å². The van der Waals surface area contributed by atoms with Crippen LogP contribution in [0.25, 0.3) is 0 Å². The summed E-state index contributed by atoms with van der Waals surface area (Å²) in [5.41, 5.74) is 1.47. The van der Waals surface area contributed by atoms with Crippen LogP contribution in [0.2, 0.25) is 0 Å². The number of thiophene rings is 1. The van der Waals surface area contributed by atoms with E-state index in [0.717, 1.165) is 13.1 Å². The molecule has 0 radical (unpaired) electrons. The summed E-state index contributed by atoms with van der Waals surface area (Å²) in [6.07, 6.45) is 4.99. The largest absolute Gasteiger partial charge is 0.477 e. The van der Waals surface area contributed by atoms with E-state index in [4.69, 9.17) is 5.11 Å². The predicted molar refractivity (Wildman–Crippen MR) is 63.1 cm³/mol. The van der Waals surface area contributed by atoms with Crippen molar-refractivity contribution in [2.75, 3.05) is 6.54 Å². The molecule has 2 heterocycles. The monoisotopic (exact) mass is 237 g/mol. The van der Waals surface area contributed by atoms with Gasteiger partial charge in [0, 0.05) is 23.4 Å². The van der Waals surface area contributed by atoms with Crippen LogP contribution in [0.4, 0.5) is 0 Å². The average Bonchev–Trinajstić information content (AvgIpc) is 2.85. The molecule has 0 bridgehead atoms. The maximum absolute atomic E-state index is 11.0. The summed E-state index contributed by atoms with van der Waals surface area (Å²) in [7, 11) is 0. The number of fused-ring (bicyclic) bond motifs is 2. The Labute approximate surface area is 98.5 Å². The van der Waals surface area contributed by atoms with E-state index < -0.39 is 5.97 Å². The van der Waals surface area contributed by atoms with Gasteiger partial charge < -0.3 is 10.4 Å². The third-order valence-electron chi connectivity index (χ3n) is 3.84. The van der Waals surface area contributed by atoms with E-state index in [1.165, 1.54) is 47.5 Å². The van der Waals surface area contributed by atoms with Gasteiger partial charge in [-0.25, -0.2) is 4.79 Å². The molecule has 1 aromatic heterocycles. The van der Waals surface area contributed by atoms with E-state index in [1.54, 1.807) is 0 Å². The van der Waals surface area contributed by atoms with Gasteiger partial charge in [-0.1, -0.05) is 12.8 Å². The van der Waals surface area contributed by atoms with Gasteiger partial charge in [0.15, 0.2) is 0 Å². The first kappa shape index (κ1) is 10.3. The van der Waals surface area contributed by atoms with Crippen molar-refractivity contribution in [3.8, 4) is 0 Å². The van der Waals surface area contributed by atoms with Crippen molar-refractivity contribution in [3.63, 3.8) is 0 Å². The Morgan fingerprint density at radius 1 is 1.44 bits per heavy atom. The van der Waals surface area contributed by atoms with Crippen LogP contribution in [0.1, 0.15) is 45.8 Å². The molecule has 3 rings (SSSR count). The van der Waals surface area contributed by atoms with E-state index in [1.807, 2.05) is 6.07 Å². The van der Waals surface area contributed by atoms with Gasteiger partial charge in [0.2, 0.25) is 0 Å². The van der Waals surface area contributed by atoms with Crippen LogP contribution in [0.15, 0.2) is 6.07 Å². The second-order valence-corrected chi connectivity index (χ2v) is 5.91. The molecule has 2 N–H and O–H groups in total. The molecule has 0 atom stereocenters. The molecular weight excluding hydrogens is 222 g/mol. The molecule has 2 aliphatic rings. The van der Waals surface area contributed by atoms with Crippen LogP contribution in [-0.4, -0.2) is 17.6 Å². The number of hydrogen-bond acceptors (Lipinski definition) is 3. The average molecular weight is 237 g/mol. The minimum atomic E-state index is -0.785. The minimum Gasteiger partial charge on any atom is -0.477 e. The third kappa shape index (κ3) is 1.40. The van der Waals surface area contributed by atoms with Gasteiger partial charge in [0.1, 0.15) is 4.88 Å². The zero-order valence-electron chi connectivity index (χ0n) is 9.08. The smallest absolute Gasteiger partial charge is 0.345 e. The van der Waals surface area contributed by atoms with Gasteiger partial charge in [0.05, 0.1) is 0 Å². The highest BCUT2D eigenvalue weighted by atomic mass is 32.1. The normalized spacial score (nSPS) is 22.2. The highest BCUT2D eigenvalue weighted by Gasteiger charge is 2.40. The maximum Gasteiger partial charge on any atom is 0.345 e. The number of nitrogens with one attached hydrogen (secondary N) is 1. The number of carboxylic acids is 1. The topological polar surface area (TPSA) is 49.3 Å². The minimum absolute atomic E-state index is 0.256. The van der Waals surface area contributed by atoms with E-state index in [2.05, 4.69) is 5.32 Å². The number of carbonyl (C=O) groups is 1. The van der Waals surface area contributed by atoms with E-state index in [-0.39, 0.29) is 5.41 Å². The summed E-state index contributed by atoms with van der Waals surface area (Å²) in [4.78, 5) is 12.9. The zero-order valence-corrected chi connectivity index (χ0v) is 9.90. The predicted octanol–water partition coefficient (Wildman–Crippen LogP) is 2.36. The van der Waals surface area contributed by atoms with Crippen molar-refractivity contribution in [2.45, 2.75) is 37.6 Å². The fraction of sp³-hybridized carbons (Fsp3) is 0.583. The van der Waals surface area contributed by atoms with Crippen molar-refractivity contribution in [3.05, 3.63) is 21.4 Å². The first-order chi connectivity index (χ1) is 7.71. The molecule has 4 heteroatoms. The number of carboxylic acid groups (broad SMARTS) is 1. The van der Waals surface area contributed by atoms with Gasteiger partial charge in [-0.05, 0) is 24.5 Å². The Morgan fingerprint density at radius 2 is 2.19 bits per heavy atom. The lowest BCUT2D eigenvalue weighted by Gasteiger charge is -2.33. The summed E-state index contributed by atoms with van der Waals surface area (Å²) < 4.78 is 0. The summed E-state index contributed by atoms with van der Waals surface area (Å²) in [5, 5.41) is 12.5. The van der Waals surface area contributed by atoms with Gasteiger partial charge in [-0.3, -0.25) is 0 Å². The quantitative estimate of drug-likeness (QED) is 0.788. The van der Waals surface area contributed by atoms with Crippen molar-refractivity contribution < 1.29 is 9.90 Å². The van der Waals surface area contributed by atoms with E-state index in [0.29, 0.717) is 4.88 Å².